The molecule has 0 bridgehead atoms. The Balaban J connectivity index is 2.00. The third-order valence-corrected chi connectivity index (χ3v) is 5.07. The van der Waals surface area contributed by atoms with Crippen molar-refractivity contribution in [3.8, 4) is 11.1 Å². The van der Waals surface area contributed by atoms with Crippen molar-refractivity contribution in [3.63, 3.8) is 0 Å². The molecule has 0 radical (unpaired) electrons. The Bertz CT molecular complexity index is 876. The van der Waals surface area contributed by atoms with E-state index in [0.29, 0.717) is 28.8 Å². The second kappa shape index (κ2) is 8.55. The lowest BCUT2D eigenvalue weighted by Gasteiger charge is -2.23. The van der Waals surface area contributed by atoms with Crippen LogP contribution in [-0.4, -0.2) is 33.9 Å². The first kappa shape index (κ1) is 21.3. The van der Waals surface area contributed by atoms with Crippen LogP contribution in [0.15, 0.2) is 42.5 Å². The number of carbonyl (C=O) groups is 1. The summed E-state index contributed by atoms with van der Waals surface area (Å²) in [7, 11) is 0. The lowest BCUT2D eigenvalue weighted by molar-refractivity contribution is -0.137. The van der Waals surface area contributed by atoms with Crippen molar-refractivity contribution in [2.75, 3.05) is 6.54 Å². The fourth-order valence-electron chi connectivity index (χ4n) is 3.40. The van der Waals surface area contributed by atoms with Crippen LogP contribution in [-0.2, 0) is 23.9 Å². The van der Waals surface area contributed by atoms with E-state index in [1.54, 1.807) is 29.2 Å². The molecule has 2 aromatic carbocycles. The Kier molecular flexibility index (Phi) is 6.29. The topological polar surface area (TPSA) is 60.8 Å². The number of hydrogen-bond acceptors (Lipinski definition) is 3. The van der Waals surface area contributed by atoms with Crippen LogP contribution in [0.4, 0.5) is 13.2 Å². The summed E-state index contributed by atoms with van der Waals surface area (Å²) in [5.74, 6) is -0.0356. The first-order valence-corrected chi connectivity index (χ1v) is 9.63. The van der Waals surface area contributed by atoms with Gasteiger partial charge in [-0.15, -0.1) is 0 Å². The summed E-state index contributed by atoms with van der Waals surface area (Å²) in [6.07, 6.45) is -4.31. The van der Waals surface area contributed by atoms with E-state index >= 15 is 0 Å². The van der Waals surface area contributed by atoms with Crippen molar-refractivity contribution in [2.45, 2.75) is 45.2 Å². The molecule has 1 amide bonds. The van der Waals surface area contributed by atoms with Crippen LogP contribution in [0.5, 0.6) is 0 Å². The molecule has 1 aliphatic carbocycles. The molecule has 0 atom stereocenters. The van der Waals surface area contributed by atoms with Gasteiger partial charge in [-0.2, -0.15) is 13.2 Å². The van der Waals surface area contributed by atoms with Crippen LogP contribution in [0, 0.1) is 5.92 Å². The van der Waals surface area contributed by atoms with Crippen molar-refractivity contribution >= 4 is 5.91 Å². The number of aliphatic hydroxyl groups is 2. The Labute approximate surface area is 167 Å². The highest BCUT2D eigenvalue weighted by atomic mass is 19.4. The molecule has 0 aliphatic heterocycles. The van der Waals surface area contributed by atoms with Crippen molar-refractivity contribution in [3.05, 3.63) is 59.2 Å². The Morgan fingerprint density at radius 2 is 1.90 bits per heavy atom. The molecule has 4 nitrogen and oxygen atoms in total. The smallest absolute Gasteiger partial charge is 0.368 e. The molecule has 2 aromatic rings. The Hall–Kier alpha value is -2.38. The minimum atomic E-state index is -4.48. The van der Waals surface area contributed by atoms with Crippen LogP contribution in [0.2, 0.25) is 0 Å². The predicted octanol–water partition coefficient (Wildman–Crippen LogP) is 3.98. The Morgan fingerprint density at radius 3 is 2.48 bits per heavy atom. The van der Waals surface area contributed by atoms with E-state index in [9.17, 15) is 28.2 Å². The highest BCUT2D eigenvalue weighted by Crippen LogP contribution is 2.36. The van der Waals surface area contributed by atoms with Crippen LogP contribution in [0.3, 0.4) is 0 Å². The molecular weight excluding hydrogens is 383 g/mol. The summed E-state index contributed by atoms with van der Waals surface area (Å²) in [6.45, 7) is 2.33. The number of carbonyl (C=O) groups excluding carboxylic acids is 1. The summed E-state index contributed by atoms with van der Waals surface area (Å²) >= 11 is 0. The third kappa shape index (κ3) is 5.36. The summed E-state index contributed by atoms with van der Waals surface area (Å²) in [6, 6.07) is 10.5. The van der Waals surface area contributed by atoms with Gasteiger partial charge in [0.2, 0.25) is 5.91 Å². The van der Waals surface area contributed by atoms with E-state index in [4.69, 9.17) is 0 Å². The molecule has 0 spiro atoms. The number of benzene rings is 2. The maximum absolute atomic E-state index is 13.3. The highest BCUT2D eigenvalue weighted by molar-refractivity contribution is 5.81. The lowest BCUT2D eigenvalue weighted by Crippen LogP contribution is -2.31. The average Bonchev–Trinajstić information content (AvgIpc) is 3.49. The first-order valence-electron chi connectivity index (χ1n) is 9.63. The van der Waals surface area contributed by atoms with Crippen LogP contribution < -0.4 is 0 Å². The van der Waals surface area contributed by atoms with Gasteiger partial charge in [0, 0.05) is 25.4 Å². The van der Waals surface area contributed by atoms with Gasteiger partial charge in [0.25, 0.3) is 0 Å². The molecule has 0 aromatic heterocycles. The molecule has 1 fully saturated rings. The van der Waals surface area contributed by atoms with E-state index < -0.39 is 18.0 Å². The van der Waals surface area contributed by atoms with E-state index in [1.165, 1.54) is 6.07 Å². The molecule has 156 valence electrons. The van der Waals surface area contributed by atoms with Crippen LogP contribution in [0.25, 0.3) is 11.1 Å². The van der Waals surface area contributed by atoms with E-state index in [2.05, 4.69) is 0 Å². The number of nitrogens with zero attached hydrogens (tertiary/aromatic N) is 1. The van der Waals surface area contributed by atoms with Crippen molar-refractivity contribution < 1.29 is 28.2 Å². The number of amides is 1. The van der Waals surface area contributed by atoms with E-state index in [-0.39, 0.29) is 24.8 Å². The maximum Gasteiger partial charge on any atom is 0.416 e. The minimum absolute atomic E-state index is 0.0152. The number of hydrogen-bond donors (Lipinski definition) is 2. The average molecular weight is 407 g/mol. The van der Waals surface area contributed by atoms with Crippen molar-refractivity contribution in [2.24, 2.45) is 5.92 Å². The maximum atomic E-state index is 13.3. The van der Waals surface area contributed by atoms with Gasteiger partial charge in [0.1, 0.15) is 0 Å². The molecule has 7 heteroatoms. The summed E-state index contributed by atoms with van der Waals surface area (Å²) in [5.41, 5.74) is 1.58. The highest BCUT2D eigenvalue weighted by Gasteiger charge is 2.34. The van der Waals surface area contributed by atoms with Gasteiger partial charge in [-0.3, -0.25) is 4.79 Å². The molecule has 3 rings (SSSR count). The SMILES string of the molecule is CCN(Cc1cc(C(F)(F)F)ccc1-c1cccc(CC(O)O)c1)C(=O)C1CC1. The number of rotatable bonds is 7. The quantitative estimate of drug-likeness (QED) is 0.683. The van der Waals surface area contributed by atoms with Gasteiger partial charge in [0.15, 0.2) is 6.29 Å². The van der Waals surface area contributed by atoms with Gasteiger partial charge in [-0.05, 0) is 54.2 Å². The zero-order valence-electron chi connectivity index (χ0n) is 16.1. The Morgan fingerprint density at radius 1 is 1.17 bits per heavy atom. The minimum Gasteiger partial charge on any atom is -0.368 e. The second-order valence-corrected chi connectivity index (χ2v) is 7.38. The fourth-order valence-corrected chi connectivity index (χ4v) is 3.40. The second-order valence-electron chi connectivity index (χ2n) is 7.38. The monoisotopic (exact) mass is 407 g/mol. The largest absolute Gasteiger partial charge is 0.416 e. The lowest BCUT2D eigenvalue weighted by atomic mass is 9.95. The number of halogens is 3. The molecule has 1 saturated carbocycles. The normalized spacial score (nSPS) is 14.3. The molecule has 0 heterocycles. The summed E-state index contributed by atoms with van der Waals surface area (Å²) in [4.78, 5) is 14.1. The van der Waals surface area contributed by atoms with E-state index in [0.717, 1.165) is 25.0 Å². The summed E-state index contributed by atoms with van der Waals surface area (Å²) < 4.78 is 39.9. The molecule has 29 heavy (non-hydrogen) atoms. The number of aliphatic hydroxyl groups excluding tert-OH is 1. The van der Waals surface area contributed by atoms with Gasteiger partial charge in [-0.1, -0.05) is 30.3 Å². The molecule has 0 saturated heterocycles. The molecule has 1 aliphatic rings. The predicted molar refractivity (Wildman–Crippen MR) is 103 cm³/mol. The van der Waals surface area contributed by atoms with Crippen molar-refractivity contribution in [1.29, 1.82) is 0 Å². The van der Waals surface area contributed by atoms with Crippen LogP contribution in [0.1, 0.15) is 36.5 Å². The molecule has 2 N–H and O–H groups in total. The molecule has 0 unspecified atom stereocenters. The summed E-state index contributed by atoms with van der Waals surface area (Å²) in [5, 5.41) is 18.4. The van der Waals surface area contributed by atoms with Gasteiger partial charge < -0.3 is 15.1 Å². The van der Waals surface area contributed by atoms with Gasteiger partial charge in [0.05, 0.1) is 5.56 Å². The standard InChI is InChI=1S/C22H24F3NO3/c1-2-26(21(29)15-6-7-15)13-17-12-18(22(23,24)25)8-9-19(17)16-5-3-4-14(10-16)11-20(27)28/h3-5,8-10,12,15,20,27-28H,2,6-7,11,13H2,1H3. The molecular formula is C22H24F3NO3. The first-order chi connectivity index (χ1) is 13.7. The van der Waals surface area contributed by atoms with Gasteiger partial charge in [-0.25, -0.2) is 0 Å². The third-order valence-electron chi connectivity index (χ3n) is 5.07. The van der Waals surface area contributed by atoms with Crippen LogP contribution >= 0.6 is 0 Å². The number of alkyl halides is 3. The zero-order valence-corrected chi connectivity index (χ0v) is 16.1. The van der Waals surface area contributed by atoms with Gasteiger partial charge >= 0.3 is 6.18 Å². The van der Waals surface area contributed by atoms with Crippen molar-refractivity contribution in [1.82, 2.24) is 4.90 Å². The van der Waals surface area contributed by atoms with E-state index in [1.807, 2.05) is 6.92 Å². The fraction of sp³-hybridized carbons (Fsp3) is 0.409. The zero-order chi connectivity index (χ0) is 21.2.